The number of hydrogen-bond acceptors (Lipinski definition) is 9. The summed E-state index contributed by atoms with van der Waals surface area (Å²) in [5, 5.41) is 14.7. The van der Waals surface area contributed by atoms with E-state index in [1.54, 1.807) is 33.2 Å². The molecule has 2 N–H and O–H groups in total. The first-order valence-electron chi connectivity index (χ1n) is 22.4. The maximum atomic E-state index is 14.7. The molecule has 0 aliphatic carbocycles. The van der Waals surface area contributed by atoms with Crippen molar-refractivity contribution in [2.45, 2.75) is 149 Å². The normalized spacial score (nSPS) is 28.8. The highest BCUT2D eigenvalue weighted by atomic mass is 35.5. The van der Waals surface area contributed by atoms with Crippen LogP contribution in [-0.4, -0.2) is 89.8 Å². The molecule has 0 spiro atoms. The standard InChI is InChI=1S/C50H70Cl2N2O9/c1-12-31(4)42-39(55)28-36(25-34-26-37(51)44(38(52)27-34)61-24-17-16-19-30(2)3)46(56)53-45(49(7,8)59)47(57)62-43(35-22-14-13-15-23-35)33(6)21-18-20-32(5)40(60-11)29-41-50(9,63-41)48(58)54(42)10/h13-15,18,20-23,26-27,30-31,33,36,40-43,45,59H,12,16-17,19,24-25,28-29H2,1-11H3,(H,53,56)/b21-18+,32-20+. The van der Waals surface area contributed by atoms with Gasteiger partial charge in [-0.15, -0.1) is 0 Å². The molecule has 0 saturated carbocycles. The Labute approximate surface area is 385 Å². The fourth-order valence-corrected chi connectivity index (χ4v) is 8.93. The third kappa shape index (κ3) is 13.9. The SMILES string of the molecule is CCC(C)C1C(=O)CC(Cc2cc(Cl)c(OCCCCC(C)C)c(Cl)c2)C(=O)NC(C(C)(C)O)C(=O)OC(c2ccccc2)C(C)/C=C/C=C(\C)C(OC)CC2OC2(C)C(=O)N1C. The Bertz CT molecular complexity index is 1920. The second-order valence-electron chi connectivity index (χ2n) is 18.6. The molecule has 4 rings (SSSR count). The number of ether oxygens (including phenoxy) is 4. The Hall–Kier alpha value is -3.74. The van der Waals surface area contributed by atoms with E-state index in [0.717, 1.165) is 24.8 Å². The highest BCUT2D eigenvalue weighted by Gasteiger charge is 2.61. The van der Waals surface area contributed by atoms with Crippen molar-refractivity contribution in [2.24, 2.45) is 23.7 Å². The van der Waals surface area contributed by atoms with E-state index in [1.807, 2.05) is 76.3 Å². The van der Waals surface area contributed by atoms with Gasteiger partial charge in [-0.25, -0.2) is 4.79 Å². The van der Waals surface area contributed by atoms with Crippen LogP contribution in [0.1, 0.15) is 118 Å². The highest BCUT2D eigenvalue weighted by molar-refractivity contribution is 6.37. The number of methoxy groups -OCH3 is 1. The number of likely N-dealkylation sites (N-methyl/N-ethyl adjacent to an activating group) is 1. The van der Waals surface area contributed by atoms with Gasteiger partial charge in [0, 0.05) is 38.8 Å². The average Bonchev–Trinajstić information content (AvgIpc) is 3.89. The summed E-state index contributed by atoms with van der Waals surface area (Å²) in [5.74, 6) is -3.08. The number of carbonyl (C=O) groups excluding carboxylic acids is 4. The number of cyclic esters (lactones) is 1. The number of unbranched alkanes of at least 4 members (excludes halogenated alkanes) is 1. The van der Waals surface area contributed by atoms with Gasteiger partial charge in [0.15, 0.2) is 23.2 Å². The molecule has 11 nitrogen and oxygen atoms in total. The van der Waals surface area contributed by atoms with Crippen LogP contribution in [-0.2, 0) is 39.8 Å². The van der Waals surface area contributed by atoms with E-state index in [2.05, 4.69) is 19.2 Å². The number of halogens is 2. The third-order valence-electron chi connectivity index (χ3n) is 12.5. The zero-order chi connectivity index (χ0) is 46.8. The fraction of sp³-hybridized carbons (Fsp3) is 0.600. The highest BCUT2D eigenvalue weighted by Crippen LogP contribution is 2.43. The first kappa shape index (κ1) is 51.9. The van der Waals surface area contributed by atoms with Crippen molar-refractivity contribution in [1.82, 2.24) is 10.2 Å². The van der Waals surface area contributed by atoms with Gasteiger partial charge in [0.2, 0.25) is 5.91 Å². The number of carbonyl (C=O) groups is 4. The first-order chi connectivity index (χ1) is 29.6. The first-order valence-corrected chi connectivity index (χ1v) is 23.1. The van der Waals surface area contributed by atoms with Gasteiger partial charge in [-0.05, 0) is 87.6 Å². The van der Waals surface area contributed by atoms with E-state index in [9.17, 15) is 24.3 Å². The number of amides is 2. The number of nitrogens with zero attached hydrogens (tertiary/aromatic N) is 1. The average molecular weight is 914 g/mol. The summed E-state index contributed by atoms with van der Waals surface area (Å²) in [6.45, 7) is 17.0. The molecule has 0 bridgehead atoms. The summed E-state index contributed by atoms with van der Waals surface area (Å²) in [4.78, 5) is 59.5. The van der Waals surface area contributed by atoms with Crippen LogP contribution in [0.3, 0.4) is 0 Å². The minimum atomic E-state index is -1.80. The summed E-state index contributed by atoms with van der Waals surface area (Å²) < 4.78 is 24.2. The Morgan fingerprint density at radius 2 is 1.70 bits per heavy atom. The topological polar surface area (TPSA) is 144 Å². The van der Waals surface area contributed by atoms with Gasteiger partial charge in [0.1, 0.15) is 6.10 Å². The number of nitrogens with one attached hydrogen (secondary N) is 1. The van der Waals surface area contributed by atoms with E-state index in [-0.39, 0.29) is 52.5 Å². The number of hydrogen-bond donors (Lipinski definition) is 2. The summed E-state index contributed by atoms with van der Waals surface area (Å²) in [6, 6.07) is 10.1. The molecule has 0 aromatic heterocycles. The minimum absolute atomic E-state index is 0.0215. The summed E-state index contributed by atoms with van der Waals surface area (Å²) >= 11 is 13.5. The van der Waals surface area contributed by atoms with Crippen molar-refractivity contribution < 1.29 is 43.2 Å². The third-order valence-corrected chi connectivity index (χ3v) is 13.0. The Morgan fingerprint density at radius 3 is 2.29 bits per heavy atom. The number of allylic oxidation sites excluding steroid dienone is 2. The van der Waals surface area contributed by atoms with Gasteiger partial charge in [0.25, 0.3) is 5.91 Å². The quantitative estimate of drug-likeness (QED) is 0.114. The smallest absolute Gasteiger partial charge is 0.332 e. The molecule has 9 atom stereocenters. The number of ketones is 1. The molecule has 0 radical (unpaired) electrons. The molecule has 348 valence electrons. The lowest BCUT2D eigenvalue weighted by Crippen LogP contribution is -2.57. The molecule has 9 unspecified atom stereocenters. The van der Waals surface area contributed by atoms with Crippen molar-refractivity contribution in [3.63, 3.8) is 0 Å². The molecule has 13 heteroatoms. The second-order valence-corrected chi connectivity index (χ2v) is 19.5. The van der Waals surface area contributed by atoms with Crippen molar-refractivity contribution in [3.8, 4) is 5.75 Å². The number of aliphatic hydroxyl groups is 1. The fourth-order valence-electron chi connectivity index (χ4n) is 8.29. The van der Waals surface area contributed by atoms with Gasteiger partial charge in [-0.3, -0.25) is 14.4 Å². The summed E-state index contributed by atoms with van der Waals surface area (Å²) in [5.41, 5.74) is -0.832. The van der Waals surface area contributed by atoms with Crippen molar-refractivity contribution in [1.29, 1.82) is 0 Å². The van der Waals surface area contributed by atoms with E-state index >= 15 is 0 Å². The summed E-state index contributed by atoms with van der Waals surface area (Å²) in [6.07, 6.45) is 7.58. The van der Waals surface area contributed by atoms with Crippen LogP contribution in [0.25, 0.3) is 0 Å². The Morgan fingerprint density at radius 1 is 1.05 bits per heavy atom. The number of esters is 1. The van der Waals surface area contributed by atoms with Gasteiger partial charge >= 0.3 is 5.97 Å². The minimum Gasteiger partial charge on any atom is -0.490 e. The second kappa shape index (κ2) is 22.9. The number of Topliss-reactive ketones (excluding diaryl/α,β-unsaturated/α-hetero) is 1. The lowest BCUT2D eigenvalue weighted by Gasteiger charge is -2.34. The molecule has 1 fully saturated rings. The maximum Gasteiger partial charge on any atom is 0.332 e. The number of fused-ring (bicyclic) bond motifs is 1. The van der Waals surface area contributed by atoms with Gasteiger partial charge in [0.05, 0.1) is 40.5 Å². The van der Waals surface area contributed by atoms with E-state index in [4.69, 9.17) is 42.1 Å². The molecule has 2 heterocycles. The Kier molecular flexibility index (Phi) is 18.9. The van der Waals surface area contributed by atoms with Crippen molar-refractivity contribution in [3.05, 3.63) is 87.4 Å². The van der Waals surface area contributed by atoms with Crippen LogP contribution in [0.5, 0.6) is 5.75 Å². The monoisotopic (exact) mass is 912 g/mol. The van der Waals surface area contributed by atoms with Gasteiger partial charge in [-0.2, -0.15) is 0 Å². The molecular formula is C50H70Cl2N2O9. The lowest BCUT2D eigenvalue weighted by atomic mass is 9.85. The molecule has 2 aliphatic rings. The molecule has 2 aromatic rings. The van der Waals surface area contributed by atoms with Crippen LogP contribution >= 0.6 is 23.2 Å². The molecular weight excluding hydrogens is 843 g/mol. The maximum absolute atomic E-state index is 14.7. The molecule has 2 amide bonds. The number of rotatable bonds is 13. The summed E-state index contributed by atoms with van der Waals surface area (Å²) in [7, 11) is 3.21. The van der Waals surface area contributed by atoms with Crippen molar-refractivity contribution in [2.75, 3.05) is 20.8 Å². The van der Waals surface area contributed by atoms with Crippen LogP contribution in [0.4, 0.5) is 0 Å². The van der Waals surface area contributed by atoms with Crippen LogP contribution in [0.15, 0.2) is 66.3 Å². The lowest BCUT2D eigenvalue weighted by molar-refractivity contribution is -0.162. The van der Waals surface area contributed by atoms with Crippen LogP contribution in [0.2, 0.25) is 10.0 Å². The number of benzene rings is 2. The van der Waals surface area contributed by atoms with Crippen molar-refractivity contribution >= 4 is 46.8 Å². The molecule has 1 saturated heterocycles. The van der Waals surface area contributed by atoms with Crippen LogP contribution in [0, 0.1) is 23.7 Å². The zero-order valence-corrected chi connectivity index (χ0v) is 40.6. The predicted molar refractivity (Wildman–Crippen MR) is 248 cm³/mol. The number of epoxide rings is 1. The van der Waals surface area contributed by atoms with Crippen LogP contribution < -0.4 is 10.1 Å². The van der Waals surface area contributed by atoms with Gasteiger partial charge < -0.3 is 34.3 Å². The predicted octanol–water partition coefficient (Wildman–Crippen LogP) is 9.44. The van der Waals surface area contributed by atoms with E-state index in [1.165, 1.54) is 18.7 Å². The van der Waals surface area contributed by atoms with Gasteiger partial charge in [-0.1, -0.05) is 119 Å². The van der Waals surface area contributed by atoms with E-state index < -0.39 is 53.3 Å². The molecule has 2 aromatic carbocycles. The molecule has 63 heavy (non-hydrogen) atoms. The zero-order valence-electron chi connectivity index (χ0n) is 39.0. The van der Waals surface area contributed by atoms with E-state index in [0.29, 0.717) is 42.2 Å². The Balaban J connectivity index is 1.79. The molecule has 2 aliphatic heterocycles. The largest absolute Gasteiger partial charge is 0.490 e.